The van der Waals surface area contributed by atoms with Crippen LogP contribution in [-0.4, -0.2) is 6.29 Å². The molecule has 0 aromatic heterocycles. The monoisotopic (exact) mass is 228 g/mol. The molecule has 1 unspecified atom stereocenters. The first-order valence-electron chi connectivity index (χ1n) is 6.58. The van der Waals surface area contributed by atoms with Gasteiger partial charge in [-0.05, 0) is 48.3 Å². The van der Waals surface area contributed by atoms with Crippen LogP contribution in [0.3, 0.4) is 0 Å². The molecule has 1 aromatic rings. The fourth-order valence-electron chi connectivity index (χ4n) is 2.58. The summed E-state index contributed by atoms with van der Waals surface area (Å²) in [6, 6.07) is 6.80. The molecular weight excluding hydrogens is 208 g/mol. The minimum atomic E-state index is 0.538. The number of carbonyl (C=O) groups is 1. The third-order valence-corrected chi connectivity index (χ3v) is 3.64. The third kappa shape index (κ3) is 2.85. The highest BCUT2D eigenvalue weighted by Crippen LogP contribution is 2.28. The van der Waals surface area contributed by atoms with Gasteiger partial charge in [-0.3, -0.25) is 0 Å². The summed E-state index contributed by atoms with van der Waals surface area (Å²) in [5, 5.41) is 0. The number of carbonyl (C=O) groups excluding carboxylic acids is 1. The molecule has 0 saturated heterocycles. The molecule has 0 radical (unpaired) electrons. The maximum absolute atomic E-state index is 10.5. The Morgan fingerprint density at radius 2 is 2.29 bits per heavy atom. The second-order valence-corrected chi connectivity index (χ2v) is 4.75. The summed E-state index contributed by atoms with van der Waals surface area (Å²) in [5.41, 5.74) is 4.24. The van der Waals surface area contributed by atoms with Gasteiger partial charge in [-0.15, -0.1) is 0 Å². The highest BCUT2D eigenvalue weighted by atomic mass is 16.1. The summed E-state index contributed by atoms with van der Waals surface area (Å²) in [5.74, 6) is 0.538. The Balaban J connectivity index is 2.20. The van der Waals surface area contributed by atoms with Gasteiger partial charge in [0, 0.05) is 6.42 Å². The van der Waals surface area contributed by atoms with E-state index in [4.69, 9.17) is 0 Å². The first-order valence-corrected chi connectivity index (χ1v) is 6.58. The van der Waals surface area contributed by atoms with Crippen LogP contribution in [-0.2, 0) is 11.2 Å². The molecule has 1 heteroatoms. The Hall–Kier alpha value is -1.37. The maximum Gasteiger partial charge on any atom is 0.120 e. The van der Waals surface area contributed by atoms with Crippen molar-refractivity contribution >= 4 is 12.4 Å². The molecule has 1 nitrogen and oxygen atoms in total. The predicted octanol–water partition coefficient (Wildman–Crippen LogP) is 4.12. The van der Waals surface area contributed by atoms with Crippen LogP contribution in [0.15, 0.2) is 24.3 Å². The molecule has 1 aliphatic rings. The summed E-state index contributed by atoms with van der Waals surface area (Å²) < 4.78 is 0. The molecular formula is C16H20O. The lowest BCUT2D eigenvalue weighted by atomic mass is 9.87. The van der Waals surface area contributed by atoms with Gasteiger partial charge in [-0.25, -0.2) is 0 Å². The first-order chi connectivity index (χ1) is 8.35. The lowest BCUT2D eigenvalue weighted by Gasteiger charge is -2.18. The van der Waals surface area contributed by atoms with E-state index in [-0.39, 0.29) is 0 Å². The van der Waals surface area contributed by atoms with Gasteiger partial charge in [0.15, 0.2) is 0 Å². The van der Waals surface area contributed by atoms with Gasteiger partial charge in [0.1, 0.15) is 6.29 Å². The average Bonchev–Trinajstić information content (AvgIpc) is 2.39. The SMILES string of the molecule is CCC(CCC=O)c1ccc2c(c1)CCC=C2. The fourth-order valence-corrected chi connectivity index (χ4v) is 2.58. The molecule has 2 rings (SSSR count). The molecule has 0 fully saturated rings. The molecule has 0 aliphatic heterocycles. The Bertz CT molecular complexity index is 418. The van der Waals surface area contributed by atoms with E-state index < -0.39 is 0 Å². The second kappa shape index (κ2) is 5.81. The molecule has 0 heterocycles. The zero-order valence-electron chi connectivity index (χ0n) is 10.5. The van der Waals surface area contributed by atoms with E-state index >= 15 is 0 Å². The topological polar surface area (TPSA) is 17.1 Å². The molecule has 17 heavy (non-hydrogen) atoms. The Morgan fingerprint density at radius 1 is 1.41 bits per heavy atom. The van der Waals surface area contributed by atoms with Gasteiger partial charge < -0.3 is 4.79 Å². The van der Waals surface area contributed by atoms with Crippen molar-refractivity contribution in [2.75, 3.05) is 0 Å². The third-order valence-electron chi connectivity index (χ3n) is 3.64. The second-order valence-electron chi connectivity index (χ2n) is 4.75. The average molecular weight is 228 g/mol. The lowest BCUT2D eigenvalue weighted by molar-refractivity contribution is -0.108. The number of fused-ring (bicyclic) bond motifs is 1. The van der Waals surface area contributed by atoms with Crippen molar-refractivity contribution in [1.29, 1.82) is 0 Å². The van der Waals surface area contributed by atoms with Crippen LogP contribution in [0.1, 0.15) is 55.2 Å². The molecule has 0 bridgehead atoms. The number of benzene rings is 1. The summed E-state index contributed by atoms with van der Waals surface area (Å²) in [7, 11) is 0. The van der Waals surface area contributed by atoms with Crippen molar-refractivity contribution in [2.24, 2.45) is 0 Å². The van der Waals surface area contributed by atoms with Gasteiger partial charge in [-0.2, -0.15) is 0 Å². The zero-order chi connectivity index (χ0) is 12.1. The first kappa shape index (κ1) is 12.1. The van der Waals surface area contributed by atoms with E-state index in [2.05, 4.69) is 37.3 Å². The molecule has 90 valence electrons. The minimum Gasteiger partial charge on any atom is -0.303 e. The van der Waals surface area contributed by atoms with E-state index in [9.17, 15) is 4.79 Å². The largest absolute Gasteiger partial charge is 0.303 e. The van der Waals surface area contributed by atoms with Crippen molar-refractivity contribution < 1.29 is 4.79 Å². The molecule has 0 spiro atoms. The maximum atomic E-state index is 10.5. The number of allylic oxidation sites excluding steroid dienone is 1. The molecule has 1 aliphatic carbocycles. The van der Waals surface area contributed by atoms with E-state index in [1.165, 1.54) is 16.7 Å². The number of hydrogen-bond donors (Lipinski definition) is 0. The van der Waals surface area contributed by atoms with Crippen LogP contribution in [0.25, 0.3) is 6.08 Å². The lowest BCUT2D eigenvalue weighted by Crippen LogP contribution is -2.01. The van der Waals surface area contributed by atoms with Crippen LogP contribution >= 0.6 is 0 Å². The van der Waals surface area contributed by atoms with Gasteiger partial charge in [0.2, 0.25) is 0 Å². The summed E-state index contributed by atoms with van der Waals surface area (Å²) in [6.07, 6.45) is 10.6. The standard InChI is InChI=1S/C16H20O/c1-2-13(8-5-11-17)16-10-9-14-6-3-4-7-15(14)12-16/h3,6,9-13H,2,4-5,7-8H2,1H3. The Morgan fingerprint density at radius 3 is 3.06 bits per heavy atom. The number of hydrogen-bond acceptors (Lipinski definition) is 1. The van der Waals surface area contributed by atoms with Crippen LogP contribution in [0, 0.1) is 0 Å². The van der Waals surface area contributed by atoms with Crippen molar-refractivity contribution in [2.45, 2.75) is 44.9 Å². The summed E-state index contributed by atoms with van der Waals surface area (Å²) >= 11 is 0. The van der Waals surface area contributed by atoms with E-state index in [1.54, 1.807) is 0 Å². The van der Waals surface area contributed by atoms with E-state index in [1.807, 2.05) is 0 Å². The van der Waals surface area contributed by atoms with Crippen molar-refractivity contribution in [1.82, 2.24) is 0 Å². The number of rotatable bonds is 5. The summed E-state index contributed by atoms with van der Waals surface area (Å²) in [4.78, 5) is 10.5. The Labute approximate surface area is 104 Å². The van der Waals surface area contributed by atoms with E-state index in [0.29, 0.717) is 12.3 Å². The predicted molar refractivity (Wildman–Crippen MR) is 72.1 cm³/mol. The van der Waals surface area contributed by atoms with E-state index in [0.717, 1.165) is 32.0 Å². The normalized spacial score (nSPS) is 15.4. The van der Waals surface area contributed by atoms with Crippen molar-refractivity contribution in [3.8, 4) is 0 Å². The zero-order valence-corrected chi connectivity index (χ0v) is 10.5. The van der Waals surface area contributed by atoms with Gasteiger partial charge >= 0.3 is 0 Å². The van der Waals surface area contributed by atoms with Crippen molar-refractivity contribution in [3.05, 3.63) is 41.0 Å². The minimum absolute atomic E-state index is 0.538. The molecule has 1 atom stereocenters. The Kier molecular flexibility index (Phi) is 4.13. The van der Waals surface area contributed by atoms with Crippen molar-refractivity contribution in [3.63, 3.8) is 0 Å². The van der Waals surface area contributed by atoms with Gasteiger partial charge in [0.05, 0.1) is 0 Å². The van der Waals surface area contributed by atoms with Crippen LogP contribution < -0.4 is 0 Å². The van der Waals surface area contributed by atoms with Crippen LogP contribution in [0.5, 0.6) is 0 Å². The molecule has 1 aromatic carbocycles. The quantitative estimate of drug-likeness (QED) is 0.693. The van der Waals surface area contributed by atoms with Gasteiger partial charge in [-0.1, -0.05) is 37.3 Å². The highest BCUT2D eigenvalue weighted by Gasteiger charge is 2.12. The molecule has 0 saturated carbocycles. The fraction of sp³-hybridized carbons (Fsp3) is 0.438. The number of aryl methyl sites for hydroxylation is 1. The van der Waals surface area contributed by atoms with Gasteiger partial charge in [0.25, 0.3) is 0 Å². The number of aldehydes is 1. The smallest absolute Gasteiger partial charge is 0.120 e. The highest BCUT2D eigenvalue weighted by molar-refractivity contribution is 5.57. The van der Waals surface area contributed by atoms with Crippen LogP contribution in [0.4, 0.5) is 0 Å². The molecule has 0 N–H and O–H groups in total. The molecule has 0 amide bonds. The van der Waals surface area contributed by atoms with Crippen LogP contribution in [0.2, 0.25) is 0 Å². The summed E-state index contributed by atoms with van der Waals surface area (Å²) in [6.45, 7) is 2.20.